The van der Waals surface area contributed by atoms with Crippen LogP contribution in [0.1, 0.15) is 17.5 Å². The van der Waals surface area contributed by atoms with Gasteiger partial charge in [-0.05, 0) is 47.1 Å². The van der Waals surface area contributed by atoms with Crippen LogP contribution >= 0.6 is 27.5 Å². The molecule has 206 valence electrons. The van der Waals surface area contributed by atoms with Gasteiger partial charge in [0, 0.05) is 25.7 Å². The molecule has 1 fully saturated rings. The summed E-state index contributed by atoms with van der Waals surface area (Å²) in [5.41, 5.74) is 1.53. The Bertz CT molecular complexity index is 1070. The molecule has 4 N–H and O–H groups in total. The van der Waals surface area contributed by atoms with Crippen molar-refractivity contribution in [2.75, 3.05) is 29.9 Å². The summed E-state index contributed by atoms with van der Waals surface area (Å²) in [6, 6.07) is 9.18. The van der Waals surface area contributed by atoms with Gasteiger partial charge in [0.2, 0.25) is 0 Å². The molecular formula is C20H19BrClF6N3O6. The van der Waals surface area contributed by atoms with Gasteiger partial charge in [-0.15, -0.1) is 0 Å². The summed E-state index contributed by atoms with van der Waals surface area (Å²) in [5.74, 6) is -5.57. The van der Waals surface area contributed by atoms with Crippen LogP contribution in [0.4, 0.5) is 37.7 Å². The van der Waals surface area contributed by atoms with Crippen LogP contribution in [0.5, 0.6) is 0 Å². The molecule has 2 heterocycles. The molecule has 3 rings (SSSR count). The Morgan fingerprint density at radius 3 is 2.05 bits per heavy atom. The van der Waals surface area contributed by atoms with E-state index in [2.05, 4.69) is 38.4 Å². The maximum Gasteiger partial charge on any atom is 0.490 e. The highest BCUT2D eigenvalue weighted by molar-refractivity contribution is 9.10. The Morgan fingerprint density at radius 1 is 1.08 bits per heavy atom. The van der Waals surface area contributed by atoms with Crippen molar-refractivity contribution in [3.05, 3.63) is 45.8 Å². The largest absolute Gasteiger partial charge is 0.490 e. The van der Waals surface area contributed by atoms with Crippen molar-refractivity contribution in [3.63, 3.8) is 0 Å². The summed E-state index contributed by atoms with van der Waals surface area (Å²) < 4.78 is 69.3. The minimum absolute atomic E-state index is 0.247. The van der Waals surface area contributed by atoms with E-state index < -0.39 is 24.3 Å². The number of hydrogen-bond donors (Lipinski definition) is 4. The number of nitrogens with one attached hydrogen (secondary N) is 2. The Kier molecular flexibility index (Phi) is 11.7. The highest BCUT2D eigenvalue weighted by Gasteiger charge is 2.38. The molecule has 1 aliphatic heterocycles. The fourth-order valence-electron chi connectivity index (χ4n) is 2.69. The Hall–Kier alpha value is -2.98. The van der Waals surface area contributed by atoms with E-state index in [1.165, 1.54) is 0 Å². The van der Waals surface area contributed by atoms with E-state index >= 15 is 0 Å². The minimum atomic E-state index is -5.08. The van der Waals surface area contributed by atoms with Crippen LogP contribution in [-0.2, 0) is 9.59 Å². The second kappa shape index (κ2) is 13.5. The number of para-hydroxylation sites is 1. The SMILES string of the molecule is CC1CN(c2c(Cl)cccc2NC(=O)c2ccc(Br)o2)CCN1.O=C(O)C(F)(F)F.O=C(O)C(F)(F)F. The number of alkyl halides is 6. The van der Waals surface area contributed by atoms with E-state index in [9.17, 15) is 31.1 Å². The zero-order valence-electron chi connectivity index (χ0n) is 18.6. The van der Waals surface area contributed by atoms with Crippen molar-refractivity contribution >= 4 is 56.8 Å². The molecule has 2 aromatic rings. The van der Waals surface area contributed by atoms with E-state index in [1.807, 2.05) is 18.2 Å². The molecule has 1 aromatic carbocycles. The van der Waals surface area contributed by atoms with Crippen molar-refractivity contribution < 1.29 is 55.4 Å². The van der Waals surface area contributed by atoms with Crippen molar-refractivity contribution in [1.82, 2.24) is 5.32 Å². The van der Waals surface area contributed by atoms with Crippen LogP contribution in [0.2, 0.25) is 5.02 Å². The molecule has 0 spiro atoms. The number of rotatable bonds is 3. The van der Waals surface area contributed by atoms with E-state index in [0.29, 0.717) is 21.4 Å². The number of anilines is 2. The zero-order chi connectivity index (χ0) is 28.6. The predicted octanol–water partition coefficient (Wildman–Crippen LogP) is 5.01. The van der Waals surface area contributed by atoms with Gasteiger partial charge in [-0.2, -0.15) is 26.3 Å². The van der Waals surface area contributed by atoms with Gasteiger partial charge in [0.25, 0.3) is 5.91 Å². The average Bonchev–Trinajstić information content (AvgIpc) is 3.20. The zero-order valence-corrected chi connectivity index (χ0v) is 20.9. The van der Waals surface area contributed by atoms with Crippen LogP contribution in [0.3, 0.4) is 0 Å². The van der Waals surface area contributed by atoms with Gasteiger partial charge in [0.1, 0.15) is 0 Å². The number of carboxylic acid groups (broad SMARTS) is 2. The molecule has 1 saturated heterocycles. The van der Waals surface area contributed by atoms with Crippen LogP contribution in [0.15, 0.2) is 39.4 Å². The van der Waals surface area contributed by atoms with E-state index in [4.69, 9.17) is 35.8 Å². The number of hydrogen-bond acceptors (Lipinski definition) is 6. The van der Waals surface area contributed by atoms with Gasteiger partial charge in [-0.1, -0.05) is 17.7 Å². The second-order valence-corrected chi connectivity index (χ2v) is 8.29. The molecule has 0 aliphatic carbocycles. The molecule has 37 heavy (non-hydrogen) atoms. The highest BCUT2D eigenvalue weighted by atomic mass is 79.9. The number of benzene rings is 1. The third-order valence-corrected chi connectivity index (χ3v) is 4.93. The average molecular weight is 627 g/mol. The first kappa shape index (κ1) is 32.0. The number of piperazine rings is 1. The Labute approximate surface area is 218 Å². The number of furan rings is 1. The highest BCUT2D eigenvalue weighted by Crippen LogP contribution is 2.35. The molecule has 9 nitrogen and oxygen atoms in total. The molecular weight excluding hydrogens is 608 g/mol. The van der Waals surface area contributed by atoms with Gasteiger partial charge < -0.3 is 30.2 Å². The summed E-state index contributed by atoms with van der Waals surface area (Å²) in [6.07, 6.45) is -10.2. The first-order valence-corrected chi connectivity index (χ1v) is 11.0. The topological polar surface area (TPSA) is 132 Å². The summed E-state index contributed by atoms with van der Waals surface area (Å²) in [7, 11) is 0. The fraction of sp³-hybridized carbons (Fsp3) is 0.350. The van der Waals surface area contributed by atoms with Crippen molar-refractivity contribution in [1.29, 1.82) is 0 Å². The quantitative estimate of drug-likeness (QED) is 0.350. The number of carbonyl (C=O) groups excluding carboxylic acids is 1. The third kappa shape index (κ3) is 10.9. The lowest BCUT2D eigenvalue weighted by Crippen LogP contribution is -2.49. The Balaban J connectivity index is 0.000000404. The first-order valence-electron chi connectivity index (χ1n) is 9.87. The van der Waals surface area contributed by atoms with E-state index in [0.717, 1.165) is 25.3 Å². The molecule has 0 bridgehead atoms. The summed E-state index contributed by atoms with van der Waals surface area (Å²) in [4.78, 5) is 32.3. The van der Waals surface area contributed by atoms with Gasteiger partial charge in [0.15, 0.2) is 10.4 Å². The smallest absolute Gasteiger partial charge is 0.475 e. The standard InChI is InChI=1S/C16H17BrClN3O2.2C2HF3O2/c1-10-9-21(8-7-19-10)15-11(18)3-2-4-12(15)20-16(22)13-5-6-14(17)23-13;2*3-2(4,5)1(6)7/h2-6,10,19H,7-9H2,1H3,(H,20,22);2*(H,6,7). The van der Waals surface area contributed by atoms with Gasteiger partial charge in [-0.3, -0.25) is 4.79 Å². The number of carbonyl (C=O) groups is 3. The fourth-order valence-corrected chi connectivity index (χ4v) is 3.29. The minimum Gasteiger partial charge on any atom is -0.475 e. The van der Waals surface area contributed by atoms with E-state index in [-0.39, 0.29) is 11.7 Å². The first-order chi connectivity index (χ1) is 16.9. The van der Waals surface area contributed by atoms with Crippen LogP contribution in [0, 0.1) is 0 Å². The summed E-state index contributed by atoms with van der Waals surface area (Å²) >= 11 is 9.60. The lowest BCUT2D eigenvalue weighted by molar-refractivity contribution is -0.193. The molecule has 17 heteroatoms. The third-order valence-electron chi connectivity index (χ3n) is 4.20. The van der Waals surface area contributed by atoms with Crippen LogP contribution in [-0.4, -0.2) is 66.1 Å². The molecule has 1 unspecified atom stereocenters. The molecule has 1 aliphatic rings. The molecule has 1 amide bonds. The van der Waals surface area contributed by atoms with Crippen molar-refractivity contribution in [2.45, 2.75) is 25.3 Å². The molecule has 1 atom stereocenters. The maximum absolute atomic E-state index is 12.3. The lowest BCUT2D eigenvalue weighted by Gasteiger charge is -2.35. The molecule has 0 saturated carbocycles. The Morgan fingerprint density at radius 2 is 1.62 bits per heavy atom. The number of carboxylic acids is 2. The maximum atomic E-state index is 12.3. The van der Waals surface area contributed by atoms with Crippen molar-refractivity contribution in [3.8, 4) is 0 Å². The van der Waals surface area contributed by atoms with E-state index in [1.54, 1.807) is 12.1 Å². The number of amides is 1. The predicted molar refractivity (Wildman–Crippen MR) is 123 cm³/mol. The summed E-state index contributed by atoms with van der Waals surface area (Å²) in [5, 5.41) is 21.2. The van der Waals surface area contributed by atoms with Crippen LogP contribution in [0.25, 0.3) is 0 Å². The van der Waals surface area contributed by atoms with Crippen LogP contribution < -0.4 is 15.5 Å². The summed E-state index contributed by atoms with van der Waals surface area (Å²) in [6.45, 7) is 4.68. The van der Waals surface area contributed by atoms with Gasteiger partial charge in [-0.25, -0.2) is 9.59 Å². The van der Waals surface area contributed by atoms with Crippen molar-refractivity contribution in [2.24, 2.45) is 0 Å². The number of halogens is 8. The normalized spacial score (nSPS) is 15.5. The van der Waals surface area contributed by atoms with Gasteiger partial charge >= 0.3 is 24.3 Å². The monoisotopic (exact) mass is 625 g/mol. The molecule has 0 radical (unpaired) electrons. The lowest BCUT2D eigenvalue weighted by atomic mass is 10.1. The number of nitrogens with zero attached hydrogens (tertiary/aromatic N) is 1. The number of aliphatic carboxylic acids is 2. The molecule has 1 aromatic heterocycles. The second-order valence-electron chi connectivity index (χ2n) is 7.10. The van der Waals surface area contributed by atoms with Gasteiger partial charge in [0.05, 0.1) is 16.4 Å².